The quantitative estimate of drug-likeness (QED) is 0.817. The van der Waals surface area contributed by atoms with E-state index in [4.69, 9.17) is 16.3 Å². The third-order valence-corrected chi connectivity index (χ3v) is 5.05. The van der Waals surface area contributed by atoms with Crippen molar-refractivity contribution in [2.24, 2.45) is 5.92 Å². The van der Waals surface area contributed by atoms with E-state index >= 15 is 0 Å². The molecule has 0 amide bonds. The van der Waals surface area contributed by atoms with Gasteiger partial charge in [-0.1, -0.05) is 18.2 Å². The number of para-hydroxylation sites is 1. The molecule has 5 unspecified atom stereocenters. The van der Waals surface area contributed by atoms with E-state index in [0.29, 0.717) is 23.9 Å². The summed E-state index contributed by atoms with van der Waals surface area (Å²) < 4.78 is 5.49. The zero-order valence-corrected chi connectivity index (χ0v) is 12.2. The number of benzene rings is 1. The van der Waals surface area contributed by atoms with Crippen LogP contribution in [-0.2, 0) is 0 Å². The maximum atomic E-state index is 6.63. The molecule has 0 aromatic heterocycles. The van der Waals surface area contributed by atoms with Crippen LogP contribution in [0.2, 0.25) is 0 Å². The van der Waals surface area contributed by atoms with E-state index in [0.717, 1.165) is 18.6 Å². The van der Waals surface area contributed by atoms with E-state index in [9.17, 15) is 0 Å². The summed E-state index contributed by atoms with van der Waals surface area (Å²) in [5.41, 5.74) is 8.01. The fraction of sp³-hybridized carbons (Fsp3) is 0.600. The summed E-state index contributed by atoms with van der Waals surface area (Å²) in [5.74, 6) is 1.97. The van der Waals surface area contributed by atoms with Gasteiger partial charge in [-0.25, -0.2) is 0 Å². The molecule has 1 aromatic carbocycles. The Hall–Kier alpha value is -0.770. The normalized spacial score (nSPS) is 37.9. The molecule has 0 bridgehead atoms. The molecule has 1 aliphatic heterocycles. The molecule has 1 aliphatic carbocycles. The van der Waals surface area contributed by atoms with Crippen LogP contribution in [0.1, 0.15) is 31.2 Å². The van der Waals surface area contributed by atoms with Gasteiger partial charge in [0.1, 0.15) is 5.75 Å². The molecule has 1 heterocycles. The van der Waals surface area contributed by atoms with Gasteiger partial charge in [0.25, 0.3) is 0 Å². The minimum absolute atomic E-state index is 0.214. The van der Waals surface area contributed by atoms with Crippen LogP contribution in [0.25, 0.3) is 0 Å². The minimum atomic E-state index is 0.214. The average Bonchev–Trinajstić information content (AvgIpc) is 2.80. The number of hydrazine groups is 1. The zero-order chi connectivity index (χ0) is 13.4. The van der Waals surface area contributed by atoms with Crippen molar-refractivity contribution >= 4 is 11.6 Å². The highest BCUT2D eigenvalue weighted by Crippen LogP contribution is 2.43. The van der Waals surface area contributed by atoms with Gasteiger partial charge in [-0.05, 0) is 37.3 Å². The van der Waals surface area contributed by atoms with Crippen molar-refractivity contribution in [3.8, 4) is 5.75 Å². The van der Waals surface area contributed by atoms with Gasteiger partial charge in [0.05, 0.1) is 7.11 Å². The Bertz CT molecular complexity index is 454. The van der Waals surface area contributed by atoms with Crippen molar-refractivity contribution in [1.82, 2.24) is 10.9 Å². The van der Waals surface area contributed by atoms with Gasteiger partial charge in [0.2, 0.25) is 0 Å². The molecule has 19 heavy (non-hydrogen) atoms. The number of fused-ring (bicyclic) bond motifs is 1. The van der Waals surface area contributed by atoms with E-state index < -0.39 is 0 Å². The molecular formula is C15H21ClN2O. The molecule has 3 nitrogen and oxygen atoms in total. The monoisotopic (exact) mass is 280 g/mol. The highest BCUT2D eigenvalue weighted by Gasteiger charge is 2.44. The Morgan fingerprint density at radius 3 is 2.79 bits per heavy atom. The first-order chi connectivity index (χ1) is 9.20. The van der Waals surface area contributed by atoms with E-state index in [1.807, 2.05) is 12.1 Å². The van der Waals surface area contributed by atoms with Crippen LogP contribution in [0.3, 0.4) is 0 Å². The first-order valence-electron chi connectivity index (χ1n) is 6.98. The highest BCUT2D eigenvalue weighted by molar-refractivity contribution is 6.21. The summed E-state index contributed by atoms with van der Waals surface area (Å²) in [7, 11) is 1.74. The number of nitrogens with one attached hydrogen (secondary N) is 2. The fourth-order valence-electron chi connectivity index (χ4n) is 3.65. The van der Waals surface area contributed by atoms with E-state index in [1.165, 1.54) is 5.56 Å². The maximum absolute atomic E-state index is 6.63. The predicted molar refractivity (Wildman–Crippen MR) is 77.6 cm³/mol. The summed E-state index contributed by atoms with van der Waals surface area (Å²) in [6, 6.07) is 9.21. The van der Waals surface area contributed by atoms with E-state index in [1.54, 1.807) is 7.11 Å². The maximum Gasteiger partial charge on any atom is 0.122 e. The standard InChI is InChI=1S/C15H21ClN2O/c1-9-15-12(16)7-10(8-13(15)18-17-9)11-5-3-4-6-14(11)19-2/h3-6,9-10,12-13,15,17-18H,7-8H2,1-2H3. The Morgan fingerprint density at radius 2 is 2.00 bits per heavy atom. The molecule has 5 atom stereocenters. The van der Waals surface area contributed by atoms with Crippen LogP contribution in [0.4, 0.5) is 0 Å². The second-order valence-corrected chi connectivity index (χ2v) is 6.25. The van der Waals surface area contributed by atoms with E-state index in [-0.39, 0.29) is 5.38 Å². The molecule has 104 valence electrons. The van der Waals surface area contributed by atoms with Crippen LogP contribution >= 0.6 is 11.6 Å². The topological polar surface area (TPSA) is 33.3 Å². The number of methoxy groups -OCH3 is 1. The van der Waals surface area contributed by atoms with Gasteiger partial charge in [0, 0.05) is 23.4 Å². The average molecular weight is 281 g/mol. The summed E-state index contributed by atoms with van der Waals surface area (Å²) >= 11 is 6.63. The minimum Gasteiger partial charge on any atom is -0.496 e. The number of rotatable bonds is 2. The summed E-state index contributed by atoms with van der Waals surface area (Å²) in [6.45, 7) is 2.20. The first kappa shape index (κ1) is 13.2. The molecule has 0 spiro atoms. The lowest BCUT2D eigenvalue weighted by Crippen LogP contribution is -2.40. The number of hydrogen-bond donors (Lipinski definition) is 2. The van der Waals surface area contributed by atoms with Gasteiger partial charge < -0.3 is 4.74 Å². The second-order valence-electron chi connectivity index (χ2n) is 5.69. The molecular weight excluding hydrogens is 260 g/mol. The lowest BCUT2D eigenvalue weighted by Gasteiger charge is -2.36. The molecule has 1 saturated carbocycles. The van der Waals surface area contributed by atoms with Crippen LogP contribution in [0, 0.1) is 5.92 Å². The van der Waals surface area contributed by atoms with Crippen LogP contribution in [0.15, 0.2) is 24.3 Å². The van der Waals surface area contributed by atoms with Gasteiger partial charge in [0.15, 0.2) is 0 Å². The molecule has 1 saturated heterocycles. The predicted octanol–water partition coefficient (Wildman–Crippen LogP) is 2.66. The van der Waals surface area contributed by atoms with Crippen molar-refractivity contribution in [3.63, 3.8) is 0 Å². The lowest BCUT2D eigenvalue weighted by atomic mass is 9.74. The summed E-state index contributed by atoms with van der Waals surface area (Å²) in [5, 5.41) is 0.214. The Labute approximate surface area is 119 Å². The third-order valence-electron chi connectivity index (χ3n) is 4.58. The Morgan fingerprint density at radius 1 is 1.21 bits per heavy atom. The number of alkyl halides is 1. The fourth-order valence-corrected chi connectivity index (χ4v) is 4.26. The molecule has 2 N–H and O–H groups in total. The van der Waals surface area contributed by atoms with Crippen molar-refractivity contribution in [2.45, 2.75) is 43.1 Å². The molecule has 2 fully saturated rings. The van der Waals surface area contributed by atoms with Gasteiger partial charge >= 0.3 is 0 Å². The third kappa shape index (κ3) is 2.35. The Kier molecular flexibility index (Phi) is 3.70. The van der Waals surface area contributed by atoms with Crippen LogP contribution in [-0.4, -0.2) is 24.6 Å². The number of hydrogen-bond acceptors (Lipinski definition) is 3. The SMILES string of the molecule is COc1ccccc1C1CC(Cl)C2C(C)NNC2C1. The molecule has 0 radical (unpaired) electrons. The van der Waals surface area contributed by atoms with Gasteiger partial charge in [-0.3, -0.25) is 10.9 Å². The number of halogens is 1. The van der Waals surface area contributed by atoms with Crippen LogP contribution < -0.4 is 15.6 Å². The largest absolute Gasteiger partial charge is 0.496 e. The van der Waals surface area contributed by atoms with E-state index in [2.05, 4.69) is 29.9 Å². The van der Waals surface area contributed by atoms with Crippen molar-refractivity contribution in [2.75, 3.05) is 7.11 Å². The smallest absolute Gasteiger partial charge is 0.122 e. The second kappa shape index (κ2) is 5.31. The first-order valence-corrected chi connectivity index (χ1v) is 7.42. The van der Waals surface area contributed by atoms with Crippen molar-refractivity contribution in [1.29, 1.82) is 0 Å². The molecule has 4 heteroatoms. The molecule has 2 aliphatic rings. The van der Waals surface area contributed by atoms with Gasteiger partial charge in [-0.2, -0.15) is 0 Å². The zero-order valence-electron chi connectivity index (χ0n) is 11.4. The molecule has 3 rings (SSSR count). The number of ether oxygens (including phenoxy) is 1. The lowest BCUT2D eigenvalue weighted by molar-refractivity contribution is 0.285. The van der Waals surface area contributed by atoms with Crippen LogP contribution in [0.5, 0.6) is 5.75 Å². The molecule has 1 aromatic rings. The summed E-state index contributed by atoms with van der Waals surface area (Å²) in [4.78, 5) is 0. The summed E-state index contributed by atoms with van der Waals surface area (Å²) in [6.07, 6.45) is 2.14. The highest BCUT2D eigenvalue weighted by atomic mass is 35.5. The van der Waals surface area contributed by atoms with Crippen molar-refractivity contribution < 1.29 is 4.74 Å². The Balaban J connectivity index is 1.84. The van der Waals surface area contributed by atoms with Gasteiger partial charge in [-0.15, -0.1) is 11.6 Å². The van der Waals surface area contributed by atoms with Crippen molar-refractivity contribution in [3.05, 3.63) is 29.8 Å².